The summed E-state index contributed by atoms with van der Waals surface area (Å²) in [4.78, 5) is 23.5. The number of hydrogen-bond donors (Lipinski definition) is 1. The third kappa shape index (κ3) is 5.58. The summed E-state index contributed by atoms with van der Waals surface area (Å²) in [5.74, 6) is -0.123. The third-order valence-corrected chi connectivity index (χ3v) is 3.53. The van der Waals surface area contributed by atoms with Gasteiger partial charge in [0.05, 0.1) is 0 Å². The van der Waals surface area contributed by atoms with Gasteiger partial charge in [-0.05, 0) is 43.5 Å². The number of pyridine rings is 1. The summed E-state index contributed by atoms with van der Waals surface area (Å²) in [6, 6.07) is 11.5. The zero-order valence-electron chi connectivity index (χ0n) is 13.6. The number of aryl methyl sites for hydroxylation is 3. The van der Waals surface area contributed by atoms with Gasteiger partial charge in [0.2, 0.25) is 5.91 Å². The second-order valence-electron chi connectivity index (χ2n) is 5.62. The van der Waals surface area contributed by atoms with E-state index in [-0.39, 0.29) is 11.5 Å². The van der Waals surface area contributed by atoms with Crippen LogP contribution in [0.5, 0.6) is 0 Å². The van der Waals surface area contributed by atoms with Crippen molar-refractivity contribution >= 4 is 12.0 Å². The number of rotatable bonds is 6. The van der Waals surface area contributed by atoms with Gasteiger partial charge in [0.25, 0.3) is 5.56 Å². The second-order valence-corrected chi connectivity index (χ2v) is 5.62. The lowest BCUT2D eigenvalue weighted by Gasteiger charge is -2.06. The molecule has 0 radical (unpaired) electrons. The summed E-state index contributed by atoms with van der Waals surface area (Å²) in [5, 5.41) is 2.82. The Balaban J connectivity index is 1.74. The molecule has 0 aliphatic carbocycles. The van der Waals surface area contributed by atoms with Crippen molar-refractivity contribution in [1.29, 1.82) is 0 Å². The van der Waals surface area contributed by atoms with Crippen LogP contribution in [0.25, 0.3) is 6.08 Å². The van der Waals surface area contributed by atoms with Gasteiger partial charge in [0, 0.05) is 31.4 Å². The van der Waals surface area contributed by atoms with Gasteiger partial charge in [-0.2, -0.15) is 0 Å². The van der Waals surface area contributed by atoms with Gasteiger partial charge in [-0.1, -0.05) is 29.8 Å². The number of hydrogen-bond acceptors (Lipinski definition) is 2. The largest absolute Gasteiger partial charge is 0.352 e. The molecule has 2 rings (SSSR count). The molecule has 23 heavy (non-hydrogen) atoms. The van der Waals surface area contributed by atoms with Crippen LogP contribution >= 0.6 is 0 Å². The van der Waals surface area contributed by atoms with Gasteiger partial charge in [0.15, 0.2) is 0 Å². The summed E-state index contributed by atoms with van der Waals surface area (Å²) >= 11 is 0. The topological polar surface area (TPSA) is 51.1 Å². The number of benzene rings is 1. The van der Waals surface area contributed by atoms with Crippen LogP contribution < -0.4 is 10.9 Å². The number of amides is 1. The van der Waals surface area contributed by atoms with E-state index in [1.54, 1.807) is 22.9 Å². The standard InChI is InChI=1S/C19H22N2O2/c1-15-4-6-17(7-5-15)8-9-18(22)20-11-3-12-21-13-10-16(2)14-19(21)23/h4-10,13-14H,3,11-12H2,1-2H3,(H,20,22)/b9-8+. The molecule has 1 aromatic carbocycles. The van der Waals surface area contributed by atoms with Crippen molar-refractivity contribution in [3.05, 3.63) is 75.7 Å². The van der Waals surface area contributed by atoms with E-state index in [1.165, 1.54) is 11.6 Å². The Hall–Kier alpha value is -2.62. The van der Waals surface area contributed by atoms with Gasteiger partial charge in [-0.3, -0.25) is 9.59 Å². The summed E-state index contributed by atoms with van der Waals surface area (Å²) in [6.07, 6.45) is 5.83. The van der Waals surface area contributed by atoms with Crippen LogP contribution in [-0.2, 0) is 11.3 Å². The van der Waals surface area contributed by atoms with E-state index in [1.807, 2.05) is 44.2 Å². The zero-order chi connectivity index (χ0) is 16.7. The highest BCUT2D eigenvalue weighted by Gasteiger charge is 1.98. The fourth-order valence-corrected chi connectivity index (χ4v) is 2.16. The maximum atomic E-state index is 11.7. The molecular weight excluding hydrogens is 288 g/mol. The fourth-order valence-electron chi connectivity index (χ4n) is 2.16. The predicted molar refractivity (Wildman–Crippen MR) is 93.3 cm³/mol. The molecule has 1 heterocycles. The Kier molecular flexibility index (Phi) is 5.92. The lowest BCUT2D eigenvalue weighted by molar-refractivity contribution is -0.116. The molecule has 0 fully saturated rings. The van der Waals surface area contributed by atoms with Crippen molar-refractivity contribution in [2.45, 2.75) is 26.8 Å². The Morgan fingerprint density at radius 3 is 2.57 bits per heavy atom. The Morgan fingerprint density at radius 2 is 1.87 bits per heavy atom. The molecule has 0 unspecified atom stereocenters. The van der Waals surface area contributed by atoms with Gasteiger partial charge in [0.1, 0.15) is 0 Å². The van der Waals surface area contributed by atoms with Crippen molar-refractivity contribution in [2.24, 2.45) is 0 Å². The van der Waals surface area contributed by atoms with Crippen LogP contribution in [0.2, 0.25) is 0 Å². The average molecular weight is 310 g/mol. The molecule has 0 atom stereocenters. The highest BCUT2D eigenvalue weighted by molar-refractivity contribution is 5.91. The van der Waals surface area contributed by atoms with Crippen LogP contribution in [0.15, 0.2) is 53.5 Å². The van der Waals surface area contributed by atoms with E-state index < -0.39 is 0 Å². The van der Waals surface area contributed by atoms with Crippen LogP contribution in [0.1, 0.15) is 23.1 Å². The monoisotopic (exact) mass is 310 g/mol. The van der Waals surface area contributed by atoms with Crippen molar-refractivity contribution in [3.63, 3.8) is 0 Å². The number of carbonyl (C=O) groups excluding carboxylic acids is 1. The molecule has 4 heteroatoms. The maximum Gasteiger partial charge on any atom is 0.250 e. The lowest BCUT2D eigenvalue weighted by Crippen LogP contribution is -2.25. The first kappa shape index (κ1) is 16.7. The molecule has 1 amide bonds. The van der Waals surface area contributed by atoms with Gasteiger partial charge in [-0.25, -0.2) is 0 Å². The van der Waals surface area contributed by atoms with Crippen LogP contribution in [-0.4, -0.2) is 17.0 Å². The third-order valence-electron chi connectivity index (χ3n) is 3.53. The van der Waals surface area contributed by atoms with Gasteiger partial charge >= 0.3 is 0 Å². The van der Waals surface area contributed by atoms with E-state index in [9.17, 15) is 9.59 Å². The molecule has 0 saturated heterocycles. The van der Waals surface area contributed by atoms with Crippen molar-refractivity contribution in [1.82, 2.24) is 9.88 Å². The van der Waals surface area contributed by atoms with E-state index in [4.69, 9.17) is 0 Å². The molecule has 0 spiro atoms. The molecule has 2 aromatic rings. The van der Waals surface area contributed by atoms with Gasteiger partial charge < -0.3 is 9.88 Å². The first-order chi connectivity index (χ1) is 11.0. The minimum absolute atomic E-state index is 0.00408. The normalized spacial score (nSPS) is 10.9. The minimum Gasteiger partial charge on any atom is -0.352 e. The van der Waals surface area contributed by atoms with E-state index in [0.29, 0.717) is 19.5 Å². The number of carbonyl (C=O) groups is 1. The molecule has 4 nitrogen and oxygen atoms in total. The van der Waals surface area contributed by atoms with Crippen LogP contribution in [0.4, 0.5) is 0 Å². The SMILES string of the molecule is Cc1ccc(/C=C/C(=O)NCCCn2ccc(C)cc2=O)cc1. The summed E-state index contributed by atoms with van der Waals surface area (Å²) in [6.45, 7) is 5.06. The molecular formula is C19H22N2O2. The second kappa shape index (κ2) is 8.13. The quantitative estimate of drug-likeness (QED) is 0.659. The number of aromatic nitrogens is 1. The molecule has 120 valence electrons. The smallest absolute Gasteiger partial charge is 0.250 e. The molecule has 0 aliphatic heterocycles. The predicted octanol–water partition coefficient (Wildman–Crippen LogP) is 2.68. The Bertz CT molecular complexity index is 743. The molecule has 0 aliphatic rings. The summed E-state index contributed by atoms with van der Waals surface area (Å²) < 4.78 is 1.65. The Morgan fingerprint density at radius 1 is 1.13 bits per heavy atom. The van der Waals surface area contributed by atoms with Crippen molar-refractivity contribution in [3.8, 4) is 0 Å². The summed E-state index contributed by atoms with van der Waals surface area (Å²) in [7, 11) is 0. The Labute approximate surface area is 136 Å². The highest BCUT2D eigenvalue weighted by atomic mass is 16.1. The summed E-state index contributed by atoms with van der Waals surface area (Å²) in [5.41, 5.74) is 3.14. The molecule has 0 bridgehead atoms. The highest BCUT2D eigenvalue weighted by Crippen LogP contribution is 2.04. The van der Waals surface area contributed by atoms with E-state index in [0.717, 1.165) is 11.1 Å². The number of nitrogens with one attached hydrogen (secondary N) is 1. The fraction of sp³-hybridized carbons (Fsp3) is 0.263. The average Bonchev–Trinajstić information content (AvgIpc) is 2.52. The van der Waals surface area contributed by atoms with Crippen molar-refractivity contribution < 1.29 is 4.79 Å². The van der Waals surface area contributed by atoms with Crippen LogP contribution in [0.3, 0.4) is 0 Å². The zero-order valence-corrected chi connectivity index (χ0v) is 13.6. The van der Waals surface area contributed by atoms with Crippen LogP contribution in [0, 0.1) is 13.8 Å². The number of nitrogens with zero attached hydrogens (tertiary/aromatic N) is 1. The first-order valence-corrected chi connectivity index (χ1v) is 7.74. The molecule has 1 aromatic heterocycles. The molecule has 1 N–H and O–H groups in total. The lowest BCUT2D eigenvalue weighted by atomic mass is 10.1. The van der Waals surface area contributed by atoms with E-state index >= 15 is 0 Å². The van der Waals surface area contributed by atoms with Crippen molar-refractivity contribution in [2.75, 3.05) is 6.54 Å². The van der Waals surface area contributed by atoms with E-state index in [2.05, 4.69) is 5.32 Å². The first-order valence-electron chi connectivity index (χ1n) is 7.74. The maximum absolute atomic E-state index is 11.7. The molecule has 0 saturated carbocycles. The minimum atomic E-state index is -0.123. The van der Waals surface area contributed by atoms with Gasteiger partial charge in [-0.15, -0.1) is 0 Å².